The second-order valence-corrected chi connectivity index (χ2v) is 5.55. The highest BCUT2D eigenvalue weighted by Crippen LogP contribution is 2.37. The number of carbonyl (C=O) groups is 2. The maximum absolute atomic E-state index is 12.3. The lowest BCUT2D eigenvalue weighted by molar-refractivity contribution is -0.140. The van der Waals surface area contributed by atoms with Gasteiger partial charge in [-0.05, 0) is 18.1 Å². The molecule has 1 aliphatic rings. The van der Waals surface area contributed by atoms with Gasteiger partial charge in [-0.25, -0.2) is 4.79 Å². The number of ether oxygens (including phenoxy) is 1. The van der Waals surface area contributed by atoms with Gasteiger partial charge in [0.25, 0.3) is 0 Å². The van der Waals surface area contributed by atoms with Crippen LogP contribution in [0, 0.1) is 0 Å². The standard InChI is InChI=1S/C21H18O3/c1-2-17-18(13-14-19(22)15-9-5-3-6-10-15)20(24-21(17)23)16-11-7-4-8-12-16/h3-14,20H,2H2,1H3/b14-13+. The quantitative estimate of drug-likeness (QED) is 0.465. The van der Waals surface area contributed by atoms with E-state index in [1.807, 2.05) is 55.5 Å². The molecule has 1 heterocycles. The molecule has 0 fully saturated rings. The molecule has 120 valence electrons. The smallest absolute Gasteiger partial charge is 0.335 e. The molecule has 0 bridgehead atoms. The molecule has 2 aromatic rings. The van der Waals surface area contributed by atoms with Crippen molar-refractivity contribution in [3.8, 4) is 0 Å². The van der Waals surface area contributed by atoms with Gasteiger partial charge in [0.15, 0.2) is 11.9 Å². The topological polar surface area (TPSA) is 43.4 Å². The molecule has 0 spiro atoms. The van der Waals surface area contributed by atoms with Crippen molar-refractivity contribution < 1.29 is 14.3 Å². The van der Waals surface area contributed by atoms with Crippen molar-refractivity contribution in [1.82, 2.24) is 0 Å². The zero-order chi connectivity index (χ0) is 16.9. The minimum atomic E-state index is -0.450. The normalized spacial score (nSPS) is 17.4. The SMILES string of the molecule is CCC1=C(/C=C/C(=O)c2ccccc2)C(c2ccccc2)OC1=O. The van der Waals surface area contributed by atoms with Crippen LogP contribution in [0.4, 0.5) is 0 Å². The molecule has 0 radical (unpaired) electrons. The van der Waals surface area contributed by atoms with E-state index in [0.29, 0.717) is 17.6 Å². The number of rotatable bonds is 5. The van der Waals surface area contributed by atoms with Gasteiger partial charge in [-0.15, -0.1) is 0 Å². The van der Waals surface area contributed by atoms with E-state index in [4.69, 9.17) is 4.74 Å². The minimum Gasteiger partial charge on any atom is -0.449 e. The van der Waals surface area contributed by atoms with E-state index in [2.05, 4.69) is 0 Å². The molecule has 1 unspecified atom stereocenters. The van der Waals surface area contributed by atoms with E-state index in [9.17, 15) is 9.59 Å². The lowest BCUT2D eigenvalue weighted by Gasteiger charge is -2.12. The second-order valence-electron chi connectivity index (χ2n) is 5.55. The Hall–Kier alpha value is -2.94. The lowest BCUT2D eigenvalue weighted by atomic mass is 9.97. The van der Waals surface area contributed by atoms with Crippen LogP contribution in [0.25, 0.3) is 0 Å². The fraction of sp³-hybridized carbons (Fsp3) is 0.143. The molecular formula is C21H18O3. The minimum absolute atomic E-state index is 0.0929. The Labute approximate surface area is 141 Å². The third-order valence-electron chi connectivity index (χ3n) is 4.03. The van der Waals surface area contributed by atoms with E-state index < -0.39 is 6.10 Å². The highest BCUT2D eigenvalue weighted by Gasteiger charge is 2.32. The van der Waals surface area contributed by atoms with Gasteiger partial charge in [0.1, 0.15) is 0 Å². The Morgan fingerprint density at radius 3 is 2.29 bits per heavy atom. The summed E-state index contributed by atoms with van der Waals surface area (Å²) in [5, 5.41) is 0. The first kappa shape index (κ1) is 15.9. The molecule has 0 amide bonds. The average Bonchev–Trinajstić information content (AvgIpc) is 2.96. The molecule has 0 aromatic heterocycles. The number of allylic oxidation sites excluding steroid dienone is 1. The number of ketones is 1. The Bertz CT molecular complexity index is 801. The number of cyclic esters (lactones) is 1. The van der Waals surface area contributed by atoms with Crippen LogP contribution in [0.5, 0.6) is 0 Å². The van der Waals surface area contributed by atoms with Crippen molar-refractivity contribution in [2.45, 2.75) is 19.4 Å². The van der Waals surface area contributed by atoms with Crippen molar-refractivity contribution in [3.63, 3.8) is 0 Å². The number of hydrogen-bond acceptors (Lipinski definition) is 3. The summed E-state index contributed by atoms with van der Waals surface area (Å²) in [6, 6.07) is 18.6. The van der Waals surface area contributed by atoms with Crippen molar-refractivity contribution >= 4 is 11.8 Å². The molecule has 3 rings (SSSR count). The number of benzene rings is 2. The molecule has 1 aliphatic heterocycles. The highest BCUT2D eigenvalue weighted by molar-refractivity contribution is 6.05. The number of carbonyl (C=O) groups excluding carboxylic acids is 2. The summed E-state index contributed by atoms with van der Waals surface area (Å²) < 4.78 is 5.53. The monoisotopic (exact) mass is 318 g/mol. The van der Waals surface area contributed by atoms with Crippen LogP contribution in [0.2, 0.25) is 0 Å². The van der Waals surface area contributed by atoms with Crippen molar-refractivity contribution in [3.05, 3.63) is 95.1 Å². The molecule has 24 heavy (non-hydrogen) atoms. The Balaban J connectivity index is 1.92. The van der Waals surface area contributed by atoms with Crippen molar-refractivity contribution in [2.75, 3.05) is 0 Å². The summed E-state index contributed by atoms with van der Waals surface area (Å²) >= 11 is 0. The molecule has 0 saturated carbocycles. The average molecular weight is 318 g/mol. The van der Waals surface area contributed by atoms with Crippen LogP contribution in [0.15, 0.2) is 84.0 Å². The molecule has 0 aliphatic carbocycles. The van der Waals surface area contributed by atoms with Crippen LogP contribution in [-0.4, -0.2) is 11.8 Å². The molecule has 1 atom stereocenters. The maximum atomic E-state index is 12.3. The van der Waals surface area contributed by atoms with Crippen LogP contribution in [-0.2, 0) is 9.53 Å². The fourth-order valence-corrected chi connectivity index (χ4v) is 2.79. The van der Waals surface area contributed by atoms with Gasteiger partial charge in [-0.2, -0.15) is 0 Å². The molecule has 0 N–H and O–H groups in total. The summed E-state index contributed by atoms with van der Waals surface area (Å²) in [6.45, 7) is 1.91. The van der Waals surface area contributed by atoms with Crippen LogP contribution in [0.3, 0.4) is 0 Å². The summed E-state index contributed by atoms with van der Waals surface area (Å²) in [6.07, 6.45) is 3.35. The van der Waals surface area contributed by atoms with Gasteiger partial charge in [-0.1, -0.05) is 73.7 Å². The van der Waals surface area contributed by atoms with Crippen LogP contribution >= 0.6 is 0 Å². The molecule has 3 nitrogen and oxygen atoms in total. The van der Waals surface area contributed by atoms with E-state index in [-0.39, 0.29) is 11.8 Å². The summed E-state index contributed by atoms with van der Waals surface area (Å²) in [5.74, 6) is -0.400. The zero-order valence-corrected chi connectivity index (χ0v) is 13.4. The first-order valence-corrected chi connectivity index (χ1v) is 7.97. The first-order chi connectivity index (χ1) is 11.7. The van der Waals surface area contributed by atoms with Gasteiger partial charge >= 0.3 is 5.97 Å². The molecule has 0 saturated heterocycles. The lowest BCUT2D eigenvalue weighted by Crippen LogP contribution is -2.03. The van der Waals surface area contributed by atoms with E-state index in [0.717, 1.165) is 11.1 Å². The molecular weight excluding hydrogens is 300 g/mol. The Morgan fingerprint density at radius 2 is 1.67 bits per heavy atom. The largest absolute Gasteiger partial charge is 0.449 e. The number of esters is 1. The molecule has 2 aromatic carbocycles. The third kappa shape index (κ3) is 3.20. The second kappa shape index (κ2) is 7.09. The Kier molecular flexibility index (Phi) is 4.71. The molecule has 3 heteroatoms. The summed E-state index contributed by atoms with van der Waals surface area (Å²) in [5.41, 5.74) is 2.91. The van der Waals surface area contributed by atoms with Gasteiger partial charge in [0.05, 0.1) is 0 Å². The third-order valence-corrected chi connectivity index (χ3v) is 4.03. The van der Waals surface area contributed by atoms with Gasteiger partial charge in [0.2, 0.25) is 0 Å². The summed E-state index contributed by atoms with van der Waals surface area (Å²) in [4.78, 5) is 24.4. The Morgan fingerprint density at radius 1 is 1.04 bits per heavy atom. The van der Waals surface area contributed by atoms with E-state index in [1.54, 1.807) is 18.2 Å². The highest BCUT2D eigenvalue weighted by atomic mass is 16.5. The van der Waals surface area contributed by atoms with Crippen molar-refractivity contribution in [1.29, 1.82) is 0 Å². The fourth-order valence-electron chi connectivity index (χ4n) is 2.79. The summed E-state index contributed by atoms with van der Waals surface area (Å²) in [7, 11) is 0. The maximum Gasteiger partial charge on any atom is 0.335 e. The van der Waals surface area contributed by atoms with Gasteiger partial charge in [-0.3, -0.25) is 4.79 Å². The van der Waals surface area contributed by atoms with E-state index >= 15 is 0 Å². The van der Waals surface area contributed by atoms with Crippen molar-refractivity contribution in [2.24, 2.45) is 0 Å². The zero-order valence-electron chi connectivity index (χ0n) is 13.4. The van der Waals surface area contributed by atoms with Crippen LogP contribution < -0.4 is 0 Å². The predicted octanol–water partition coefficient (Wildman–Crippen LogP) is 4.43. The van der Waals surface area contributed by atoms with E-state index in [1.165, 1.54) is 6.08 Å². The van der Waals surface area contributed by atoms with Gasteiger partial charge < -0.3 is 4.74 Å². The number of hydrogen-bond donors (Lipinski definition) is 0. The van der Waals surface area contributed by atoms with Gasteiger partial charge in [0, 0.05) is 16.7 Å². The first-order valence-electron chi connectivity index (χ1n) is 7.97. The van der Waals surface area contributed by atoms with Crippen LogP contribution in [0.1, 0.15) is 35.4 Å². The predicted molar refractivity (Wildman–Crippen MR) is 92.5 cm³/mol.